The van der Waals surface area contributed by atoms with Crippen LogP contribution in [0.5, 0.6) is 0 Å². The lowest BCUT2D eigenvalue weighted by molar-refractivity contribution is 0.430. The third kappa shape index (κ3) is 2.42. The Morgan fingerprint density at radius 3 is 2.54 bits per heavy atom. The first-order valence-electron chi connectivity index (χ1n) is 4.56. The van der Waals surface area contributed by atoms with Gasteiger partial charge in [0.1, 0.15) is 0 Å². The van der Waals surface area contributed by atoms with Crippen molar-refractivity contribution in [2.45, 2.75) is 6.04 Å². The third-order valence-corrected chi connectivity index (χ3v) is 3.03. The SMILES string of the molecule is Ic1ccc([C@H]2CNCCN2)cc1. The third-order valence-electron chi connectivity index (χ3n) is 2.31. The fraction of sp³-hybridized carbons (Fsp3) is 0.400. The van der Waals surface area contributed by atoms with E-state index >= 15 is 0 Å². The maximum absolute atomic E-state index is 3.49. The van der Waals surface area contributed by atoms with E-state index in [9.17, 15) is 0 Å². The second-order valence-corrected chi connectivity index (χ2v) is 4.51. The summed E-state index contributed by atoms with van der Waals surface area (Å²) in [7, 11) is 0. The summed E-state index contributed by atoms with van der Waals surface area (Å²) in [4.78, 5) is 0. The van der Waals surface area contributed by atoms with E-state index in [4.69, 9.17) is 0 Å². The van der Waals surface area contributed by atoms with Crippen molar-refractivity contribution in [2.75, 3.05) is 19.6 Å². The minimum atomic E-state index is 0.491. The molecule has 0 aromatic heterocycles. The van der Waals surface area contributed by atoms with Crippen molar-refractivity contribution in [2.24, 2.45) is 0 Å². The maximum Gasteiger partial charge on any atom is 0.0447 e. The average Bonchev–Trinajstić information content (AvgIpc) is 2.20. The molecule has 0 unspecified atom stereocenters. The van der Waals surface area contributed by atoms with E-state index in [1.807, 2.05) is 0 Å². The van der Waals surface area contributed by atoms with Gasteiger partial charge in [0.2, 0.25) is 0 Å². The molecule has 2 rings (SSSR count). The molecule has 1 saturated heterocycles. The van der Waals surface area contributed by atoms with Gasteiger partial charge in [-0.05, 0) is 40.3 Å². The van der Waals surface area contributed by atoms with Crippen LogP contribution in [0, 0.1) is 3.57 Å². The van der Waals surface area contributed by atoms with E-state index in [0.29, 0.717) is 6.04 Å². The van der Waals surface area contributed by atoms with Gasteiger partial charge in [0.25, 0.3) is 0 Å². The van der Waals surface area contributed by atoms with Gasteiger partial charge >= 0.3 is 0 Å². The summed E-state index contributed by atoms with van der Waals surface area (Å²) in [6, 6.07) is 9.21. The smallest absolute Gasteiger partial charge is 0.0447 e. The highest BCUT2D eigenvalue weighted by Crippen LogP contribution is 2.15. The normalized spacial score (nSPS) is 23.0. The van der Waals surface area contributed by atoms with Crippen LogP contribution < -0.4 is 10.6 Å². The van der Waals surface area contributed by atoms with Crippen LogP contribution >= 0.6 is 22.6 Å². The van der Waals surface area contributed by atoms with E-state index in [1.165, 1.54) is 9.13 Å². The molecule has 0 spiro atoms. The molecule has 1 aromatic carbocycles. The molecule has 1 heterocycles. The summed E-state index contributed by atoms with van der Waals surface area (Å²) in [5, 5.41) is 6.87. The van der Waals surface area contributed by atoms with Crippen molar-refractivity contribution in [3.05, 3.63) is 33.4 Å². The molecule has 1 atom stereocenters. The number of rotatable bonds is 1. The lowest BCUT2D eigenvalue weighted by Crippen LogP contribution is -2.42. The highest BCUT2D eigenvalue weighted by atomic mass is 127. The van der Waals surface area contributed by atoms with Gasteiger partial charge in [0, 0.05) is 29.2 Å². The molecule has 2 nitrogen and oxygen atoms in total. The number of halogens is 1. The summed E-state index contributed by atoms with van der Waals surface area (Å²) >= 11 is 2.33. The second-order valence-electron chi connectivity index (χ2n) is 3.26. The number of benzene rings is 1. The van der Waals surface area contributed by atoms with Gasteiger partial charge in [-0.15, -0.1) is 0 Å². The highest BCUT2D eigenvalue weighted by molar-refractivity contribution is 14.1. The quantitative estimate of drug-likeness (QED) is 0.766. The summed E-state index contributed by atoms with van der Waals surface area (Å²) in [6.07, 6.45) is 0. The summed E-state index contributed by atoms with van der Waals surface area (Å²) < 4.78 is 1.30. The molecule has 0 saturated carbocycles. The molecular weight excluding hydrogens is 275 g/mol. The van der Waals surface area contributed by atoms with Crippen molar-refractivity contribution < 1.29 is 0 Å². The Hall–Kier alpha value is -0.130. The molecule has 13 heavy (non-hydrogen) atoms. The summed E-state index contributed by atoms with van der Waals surface area (Å²) in [6.45, 7) is 3.19. The van der Waals surface area contributed by atoms with Gasteiger partial charge in [0.05, 0.1) is 0 Å². The average molecular weight is 288 g/mol. The predicted octanol–water partition coefficient (Wildman–Crippen LogP) is 1.53. The van der Waals surface area contributed by atoms with Crippen LogP contribution in [0.4, 0.5) is 0 Å². The molecule has 1 fully saturated rings. The molecule has 1 aliphatic rings. The second kappa shape index (κ2) is 4.39. The monoisotopic (exact) mass is 288 g/mol. The van der Waals surface area contributed by atoms with Crippen molar-refractivity contribution in [1.82, 2.24) is 10.6 Å². The van der Waals surface area contributed by atoms with Crippen LogP contribution in [-0.4, -0.2) is 19.6 Å². The predicted molar refractivity (Wildman–Crippen MR) is 62.8 cm³/mol. The summed E-state index contributed by atoms with van der Waals surface area (Å²) in [5.41, 5.74) is 1.38. The first kappa shape index (κ1) is 9.43. The number of hydrogen-bond donors (Lipinski definition) is 2. The largest absolute Gasteiger partial charge is 0.314 e. The molecular formula is C10H13IN2. The number of piperazine rings is 1. The Labute approximate surface area is 92.2 Å². The van der Waals surface area contributed by atoms with Crippen molar-refractivity contribution >= 4 is 22.6 Å². The van der Waals surface area contributed by atoms with Crippen molar-refractivity contribution in [3.8, 4) is 0 Å². The Kier molecular flexibility index (Phi) is 3.18. The Morgan fingerprint density at radius 1 is 1.15 bits per heavy atom. The Bertz CT molecular complexity index is 265. The zero-order valence-corrected chi connectivity index (χ0v) is 9.54. The number of hydrogen-bond acceptors (Lipinski definition) is 2. The fourth-order valence-electron chi connectivity index (χ4n) is 1.58. The van der Waals surface area contributed by atoms with Gasteiger partial charge < -0.3 is 10.6 Å². The van der Waals surface area contributed by atoms with Gasteiger partial charge in [-0.2, -0.15) is 0 Å². The molecule has 2 N–H and O–H groups in total. The van der Waals surface area contributed by atoms with Crippen LogP contribution in [0.2, 0.25) is 0 Å². The van der Waals surface area contributed by atoms with Crippen LogP contribution in [0.3, 0.4) is 0 Å². The maximum atomic E-state index is 3.49. The van der Waals surface area contributed by atoms with E-state index in [0.717, 1.165) is 19.6 Å². The first-order chi connectivity index (χ1) is 6.36. The van der Waals surface area contributed by atoms with E-state index in [-0.39, 0.29) is 0 Å². The molecule has 0 aliphatic carbocycles. The van der Waals surface area contributed by atoms with Crippen LogP contribution in [-0.2, 0) is 0 Å². The van der Waals surface area contributed by atoms with Crippen LogP contribution in [0.15, 0.2) is 24.3 Å². The molecule has 1 aromatic rings. The summed E-state index contributed by atoms with van der Waals surface area (Å²) in [5.74, 6) is 0. The topological polar surface area (TPSA) is 24.1 Å². The Balaban J connectivity index is 2.10. The lowest BCUT2D eigenvalue weighted by Gasteiger charge is -2.24. The van der Waals surface area contributed by atoms with Crippen LogP contribution in [0.25, 0.3) is 0 Å². The Morgan fingerprint density at radius 2 is 1.92 bits per heavy atom. The highest BCUT2D eigenvalue weighted by Gasteiger charge is 2.13. The molecule has 70 valence electrons. The molecule has 1 aliphatic heterocycles. The zero-order chi connectivity index (χ0) is 9.10. The molecule has 3 heteroatoms. The van der Waals surface area contributed by atoms with E-state index in [2.05, 4.69) is 57.5 Å². The standard InChI is InChI=1S/C10H13IN2/c11-9-3-1-8(2-4-9)10-7-12-5-6-13-10/h1-4,10,12-13H,5-7H2/t10-/m1/s1. The van der Waals surface area contributed by atoms with Gasteiger partial charge in [-0.1, -0.05) is 12.1 Å². The minimum absolute atomic E-state index is 0.491. The first-order valence-corrected chi connectivity index (χ1v) is 5.64. The lowest BCUT2D eigenvalue weighted by atomic mass is 10.1. The minimum Gasteiger partial charge on any atom is -0.314 e. The van der Waals surface area contributed by atoms with Crippen LogP contribution in [0.1, 0.15) is 11.6 Å². The van der Waals surface area contributed by atoms with Gasteiger partial charge in [-0.25, -0.2) is 0 Å². The van der Waals surface area contributed by atoms with Gasteiger partial charge in [-0.3, -0.25) is 0 Å². The van der Waals surface area contributed by atoms with Crippen molar-refractivity contribution in [3.63, 3.8) is 0 Å². The fourth-order valence-corrected chi connectivity index (χ4v) is 1.94. The molecule has 0 radical (unpaired) electrons. The molecule has 0 bridgehead atoms. The van der Waals surface area contributed by atoms with Crippen molar-refractivity contribution in [1.29, 1.82) is 0 Å². The van der Waals surface area contributed by atoms with Gasteiger partial charge in [0.15, 0.2) is 0 Å². The zero-order valence-electron chi connectivity index (χ0n) is 7.39. The molecule has 0 amide bonds. The van der Waals surface area contributed by atoms with E-state index < -0.39 is 0 Å². The number of nitrogens with one attached hydrogen (secondary N) is 2. The van der Waals surface area contributed by atoms with E-state index in [1.54, 1.807) is 0 Å².